The van der Waals surface area contributed by atoms with Gasteiger partial charge < -0.3 is 19.8 Å². The number of aliphatic hydroxyl groups excluding tert-OH is 1. The highest BCUT2D eigenvalue weighted by molar-refractivity contribution is 6.34. The Hall–Kier alpha value is -2.22. The van der Waals surface area contributed by atoms with Crippen molar-refractivity contribution in [2.24, 2.45) is 0 Å². The summed E-state index contributed by atoms with van der Waals surface area (Å²) < 4.78 is 0. The Morgan fingerprint density at radius 1 is 1.24 bits per heavy atom. The summed E-state index contributed by atoms with van der Waals surface area (Å²) in [5, 5.41) is 8.80. The van der Waals surface area contributed by atoms with Gasteiger partial charge in [-0.3, -0.25) is 9.59 Å². The van der Waals surface area contributed by atoms with Crippen molar-refractivity contribution in [1.29, 1.82) is 0 Å². The van der Waals surface area contributed by atoms with E-state index in [1.165, 1.54) is 16.8 Å². The monoisotopic (exact) mass is 293 g/mol. The van der Waals surface area contributed by atoms with Crippen LogP contribution in [0.3, 0.4) is 0 Å². The summed E-state index contributed by atoms with van der Waals surface area (Å²) in [6.07, 6.45) is 3.35. The number of carbonyl (C=O) groups is 2. The van der Waals surface area contributed by atoms with E-state index in [1.54, 1.807) is 18.5 Å². The molecule has 0 aromatic carbocycles. The lowest BCUT2D eigenvalue weighted by Crippen LogP contribution is -2.53. The molecule has 8 nitrogen and oxygen atoms in total. The van der Waals surface area contributed by atoms with Crippen LogP contribution in [0.1, 0.15) is 0 Å². The fourth-order valence-corrected chi connectivity index (χ4v) is 2.11. The predicted octanol–water partition coefficient (Wildman–Crippen LogP) is -1.42. The third-order valence-corrected chi connectivity index (χ3v) is 3.37. The standard InChI is InChI=1S/C13H19N5O3/c1-16(9-10-19)11(20)12(21)17-5-7-18(8-6-17)13-14-3-2-4-15-13/h2-4,19H,5-10H2,1H3. The first-order chi connectivity index (χ1) is 10.1. The van der Waals surface area contributed by atoms with Crippen LogP contribution < -0.4 is 4.90 Å². The Bertz CT molecular complexity index is 488. The molecule has 2 rings (SSSR count). The van der Waals surface area contributed by atoms with Crippen molar-refractivity contribution in [1.82, 2.24) is 19.8 Å². The van der Waals surface area contributed by atoms with Gasteiger partial charge in [-0.15, -0.1) is 0 Å². The maximum Gasteiger partial charge on any atom is 0.312 e. The second-order valence-corrected chi connectivity index (χ2v) is 4.78. The highest BCUT2D eigenvalue weighted by Gasteiger charge is 2.28. The SMILES string of the molecule is CN(CCO)C(=O)C(=O)N1CCN(c2ncccn2)CC1. The quantitative estimate of drug-likeness (QED) is 0.688. The van der Waals surface area contributed by atoms with E-state index in [2.05, 4.69) is 9.97 Å². The van der Waals surface area contributed by atoms with E-state index in [0.29, 0.717) is 32.1 Å². The minimum Gasteiger partial charge on any atom is -0.395 e. The number of rotatable bonds is 3. The van der Waals surface area contributed by atoms with Gasteiger partial charge in [0.25, 0.3) is 0 Å². The summed E-state index contributed by atoms with van der Waals surface area (Å²) in [6.45, 7) is 2.09. The molecule has 0 saturated carbocycles. The molecule has 1 saturated heterocycles. The summed E-state index contributed by atoms with van der Waals surface area (Å²) >= 11 is 0. The van der Waals surface area contributed by atoms with Gasteiger partial charge in [0, 0.05) is 52.2 Å². The van der Waals surface area contributed by atoms with Gasteiger partial charge >= 0.3 is 11.8 Å². The molecule has 1 aliphatic heterocycles. The van der Waals surface area contributed by atoms with E-state index in [9.17, 15) is 9.59 Å². The van der Waals surface area contributed by atoms with Gasteiger partial charge in [-0.05, 0) is 6.07 Å². The lowest BCUT2D eigenvalue weighted by atomic mass is 10.3. The maximum atomic E-state index is 12.1. The highest BCUT2D eigenvalue weighted by Crippen LogP contribution is 2.10. The molecule has 2 heterocycles. The zero-order chi connectivity index (χ0) is 15.2. The fraction of sp³-hybridized carbons (Fsp3) is 0.538. The lowest BCUT2D eigenvalue weighted by molar-refractivity contribution is -0.151. The predicted molar refractivity (Wildman–Crippen MR) is 75.5 cm³/mol. The average molecular weight is 293 g/mol. The van der Waals surface area contributed by atoms with E-state index in [-0.39, 0.29) is 13.2 Å². The van der Waals surface area contributed by atoms with E-state index < -0.39 is 11.8 Å². The molecule has 0 unspecified atom stereocenters. The van der Waals surface area contributed by atoms with E-state index in [4.69, 9.17) is 5.11 Å². The van der Waals surface area contributed by atoms with E-state index in [1.807, 2.05) is 4.90 Å². The second kappa shape index (κ2) is 6.98. The number of hydrogen-bond acceptors (Lipinski definition) is 6. The smallest absolute Gasteiger partial charge is 0.312 e. The topological polar surface area (TPSA) is 89.9 Å². The molecule has 1 aromatic rings. The van der Waals surface area contributed by atoms with Crippen LogP contribution in [0.2, 0.25) is 0 Å². The number of aliphatic hydroxyl groups is 1. The van der Waals surface area contributed by atoms with Gasteiger partial charge in [0.15, 0.2) is 0 Å². The van der Waals surface area contributed by atoms with E-state index >= 15 is 0 Å². The van der Waals surface area contributed by atoms with Crippen molar-refractivity contribution in [2.75, 3.05) is 51.3 Å². The van der Waals surface area contributed by atoms with Gasteiger partial charge in [-0.25, -0.2) is 9.97 Å². The summed E-state index contributed by atoms with van der Waals surface area (Å²) in [7, 11) is 1.50. The molecule has 114 valence electrons. The maximum absolute atomic E-state index is 12.1. The summed E-state index contributed by atoms with van der Waals surface area (Å²) in [5.74, 6) is -0.485. The van der Waals surface area contributed by atoms with Crippen LogP contribution in [-0.2, 0) is 9.59 Å². The summed E-state index contributed by atoms with van der Waals surface area (Å²) in [6, 6.07) is 1.75. The first-order valence-electron chi connectivity index (χ1n) is 6.80. The lowest BCUT2D eigenvalue weighted by Gasteiger charge is -2.34. The third kappa shape index (κ3) is 3.66. The Morgan fingerprint density at radius 3 is 2.43 bits per heavy atom. The molecule has 0 radical (unpaired) electrons. The zero-order valence-electron chi connectivity index (χ0n) is 12.0. The molecule has 21 heavy (non-hydrogen) atoms. The molecule has 0 bridgehead atoms. The number of aromatic nitrogens is 2. The molecule has 1 N–H and O–H groups in total. The Kier molecular flexibility index (Phi) is 5.04. The first kappa shape index (κ1) is 15.2. The molecule has 0 aliphatic carbocycles. The molecule has 1 aromatic heterocycles. The number of piperazine rings is 1. The van der Waals surface area contributed by atoms with Crippen molar-refractivity contribution >= 4 is 17.8 Å². The fourth-order valence-electron chi connectivity index (χ4n) is 2.11. The Labute approximate surface area is 123 Å². The highest BCUT2D eigenvalue weighted by atomic mass is 16.3. The molecule has 1 fully saturated rings. The van der Waals surface area contributed by atoms with Crippen molar-refractivity contribution in [3.8, 4) is 0 Å². The second-order valence-electron chi connectivity index (χ2n) is 4.78. The van der Waals surface area contributed by atoms with Gasteiger partial charge in [0.05, 0.1) is 6.61 Å². The molecule has 8 heteroatoms. The molecule has 2 amide bonds. The summed E-state index contributed by atoms with van der Waals surface area (Å²) in [4.78, 5) is 37.0. The van der Waals surface area contributed by atoms with Crippen LogP contribution in [0.5, 0.6) is 0 Å². The van der Waals surface area contributed by atoms with Crippen LogP contribution in [0.15, 0.2) is 18.5 Å². The van der Waals surface area contributed by atoms with Crippen LogP contribution in [0.4, 0.5) is 5.95 Å². The van der Waals surface area contributed by atoms with Crippen LogP contribution in [-0.4, -0.2) is 83.1 Å². The van der Waals surface area contributed by atoms with Crippen LogP contribution >= 0.6 is 0 Å². The molecule has 0 spiro atoms. The number of amides is 2. The van der Waals surface area contributed by atoms with Gasteiger partial charge in [-0.1, -0.05) is 0 Å². The van der Waals surface area contributed by atoms with Crippen LogP contribution in [0.25, 0.3) is 0 Å². The normalized spacial score (nSPS) is 15.0. The zero-order valence-corrected chi connectivity index (χ0v) is 12.0. The number of carbonyl (C=O) groups excluding carboxylic acids is 2. The first-order valence-corrected chi connectivity index (χ1v) is 6.80. The van der Waals surface area contributed by atoms with Gasteiger partial charge in [0.2, 0.25) is 5.95 Å². The van der Waals surface area contributed by atoms with Crippen molar-refractivity contribution in [3.05, 3.63) is 18.5 Å². The van der Waals surface area contributed by atoms with Crippen LogP contribution in [0, 0.1) is 0 Å². The van der Waals surface area contributed by atoms with Crippen molar-refractivity contribution in [2.45, 2.75) is 0 Å². The number of anilines is 1. The average Bonchev–Trinajstić information content (AvgIpc) is 2.54. The largest absolute Gasteiger partial charge is 0.395 e. The van der Waals surface area contributed by atoms with Crippen molar-refractivity contribution < 1.29 is 14.7 Å². The minimum absolute atomic E-state index is 0.155. The molecule has 1 aliphatic rings. The summed E-state index contributed by atoms with van der Waals surface area (Å²) in [5.41, 5.74) is 0. The molecular weight excluding hydrogens is 274 g/mol. The van der Waals surface area contributed by atoms with Crippen molar-refractivity contribution in [3.63, 3.8) is 0 Å². The molecule has 0 atom stereocenters. The number of nitrogens with zero attached hydrogens (tertiary/aromatic N) is 5. The molecular formula is C13H19N5O3. The third-order valence-electron chi connectivity index (χ3n) is 3.37. The Morgan fingerprint density at radius 2 is 1.86 bits per heavy atom. The number of likely N-dealkylation sites (N-methyl/N-ethyl adjacent to an activating group) is 1. The van der Waals surface area contributed by atoms with Gasteiger partial charge in [-0.2, -0.15) is 0 Å². The van der Waals surface area contributed by atoms with E-state index in [0.717, 1.165) is 0 Å². The van der Waals surface area contributed by atoms with Gasteiger partial charge in [0.1, 0.15) is 0 Å². The Balaban J connectivity index is 1.89. The number of hydrogen-bond donors (Lipinski definition) is 1. The minimum atomic E-state index is -0.589.